The first kappa shape index (κ1) is 7.98. The van der Waals surface area contributed by atoms with Gasteiger partial charge < -0.3 is 5.73 Å². The highest BCUT2D eigenvalue weighted by atomic mass is 16.1. The average Bonchev–Trinajstić information content (AvgIpc) is 2.12. The van der Waals surface area contributed by atoms with Crippen LogP contribution in [0.2, 0.25) is 0 Å². The Labute approximate surface area is 78.9 Å². The molecule has 2 atom stereocenters. The molecule has 0 spiro atoms. The summed E-state index contributed by atoms with van der Waals surface area (Å²) in [5.41, 5.74) is 5.74. The van der Waals surface area contributed by atoms with E-state index in [4.69, 9.17) is 5.73 Å². The molecule has 0 aliphatic heterocycles. The number of Topliss-reactive ketones (excluding diaryl/α,β-unsaturated/α-hetero) is 1. The van der Waals surface area contributed by atoms with E-state index in [0.717, 1.165) is 24.7 Å². The number of rotatable bonds is 1. The van der Waals surface area contributed by atoms with Gasteiger partial charge in [0.05, 0.1) is 0 Å². The van der Waals surface area contributed by atoms with Crippen molar-refractivity contribution >= 4 is 5.78 Å². The van der Waals surface area contributed by atoms with Gasteiger partial charge in [-0.05, 0) is 43.9 Å². The molecule has 4 fully saturated rings. The van der Waals surface area contributed by atoms with E-state index >= 15 is 0 Å². The minimum Gasteiger partial charge on any atom is -0.329 e. The van der Waals surface area contributed by atoms with Crippen LogP contribution in [0, 0.1) is 23.2 Å². The Kier molecular flexibility index (Phi) is 1.44. The van der Waals surface area contributed by atoms with Crippen molar-refractivity contribution in [3.05, 3.63) is 0 Å². The molecule has 0 radical (unpaired) electrons. The lowest BCUT2D eigenvalue weighted by molar-refractivity contribution is -0.151. The third-order valence-electron chi connectivity index (χ3n) is 4.55. The zero-order chi connectivity index (χ0) is 9.05. The first-order valence-corrected chi connectivity index (χ1v) is 5.48. The summed E-state index contributed by atoms with van der Waals surface area (Å²) >= 11 is 0. The molecule has 4 aliphatic rings. The molecule has 0 aromatic heterocycles. The molecule has 4 bridgehead atoms. The average molecular weight is 179 g/mol. The minimum atomic E-state index is -0.0608. The van der Waals surface area contributed by atoms with E-state index in [1.165, 1.54) is 19.3 Å². The molecule has 0 saturated heterocycles. The molecule has 2 unspecified atom stereocenters. The van der Waals surface area contributed by atoms with E-state index in [1.54, 1.807) is 0 Å². The van der Waals surface area contributed by atoms with E-state index < -0.39 is 0 Å². The zero-order valence-corrected chi connectivity index (χ0v) is 7.96. The standard InChI is InChI=1S/C11H17NO/c12-6-11-4-7-1-8(5-11)3-9(2-7)10(11)13/h7-9H,1-6,12H2. The minimum absolute atomic E-state index is 0.0608. The van der Waals surface area contributed by atoms with Crippen molar-refractivity contribution in [2.24, 2.45) is 28.9 Å². The van der Waals surface area contributed by atoms with Crippen molar-refractivity contribution in [3.63, 3.8) is 0 Å². The molecule has 4 rings (SSSR count). The Balaban J connectivity index is 2.00. The van der Waals surface area contributed by atoms with Crippen LogP contribution in [0.25, 0.3) is 0 Å². The van der Waals surface area contributed by atoms with Crippen LogP contribution in [0.5, 0.6) is 0 Å². The number of carbonyl (C=O) groups is 1. The molecule has 4 saturated carbocycles. The van der Waals surface area contributed by atoms with Crippen molar-refractivity contribution in [2.75, 3.05) is 6.54 Å². The van der Waals surface area contributed by atoms with Crippen molar-refractivity contribution < 1.29 is 4.79 Å². The Morgan fingerprint density at radius 1 is 1.23 bits per heavy atom. The fraction of sp³-hybridized carbons (Fsp3) is 0.909. The molecule has 0 aromatic rings. The second-order valence-corrected chi connectivity index (χ2v) is 5.39. The summed E-state index contributed by atoms with van der Waals surface area (Å²) in [4.78, 5) is 12.0. The number of hydrogen-bond acceptors (Lipinski definition) is 2. The van der Waals surface area contributed by atoms with Gasteiger partial charge in [0.15, 0.2) is 0 Å². The van der Waals surface area contributed by atoms with E-state index in [1.807, 2.05) is 0 Å². The lowest BCUT2D eigenvalue weighted by Gasteiger charge is -2.55. The molecule has 2 nitrogen and oxygen atoms in total. The molecule has 2 N–H and O–H groups in total. The van der Waals surface area contributed by atoms with E-state index in [-0.39, 0.29) is 5.41 Å². The normalized spacial score (nSPS) is 53.0. The third-order valence-corrected chi connectivity index (χ3v) is 4.55. The van der Waals surface area contributed by atoms with Gasteiger partial charge in [-0.25, -0.2) is 0 Å². The maximum atomic E-state index is 12.0. The fourth-order valence-corrected chi connectivity index (χ4v) is 4.20. The second kappa shape index (κ2) is 2.35. The van der Waals surface area contributed by atoms with Crippen molar-refractivity contribution in [1.29, 1.82) is 0 Å². The van der Waals surface area contributed by atoms with Gasteiger partial charge in [-0.15, -0.1) is 0 Å². The van der Waals surface area contributed by atoms with Gasteiger partial charge in [-0.3, -0.25) is 4.79 Å². The van der Waals surface area contributed by atoms with Gasteiger partial charge in [-0.2, -0.15) is 0 Å². The van der Waals surface area contributed by atoms with E-state index in [0.29, 0.717) is 18.2 Å². The third kappa shape index (κ3) is 0.899. The van der Waals surface area contributed by atoms with Gasteiger partial charge >= 0.3 is 0 Å². The molecule has 0 heterocycles. The van der Waals surface area contributed by atoms with Crippen LogP contribution in [0.1, 0.15) is 32.1 Å². The van der Waals surface area contributed by atoms with Crippen molar-refractivity contribution in [2.45, 2.75) is 32.1 Å². The van der Waals surface area contributed by atoms with Crippen LogP contribution in [0.4, 0.5) is 0 Å². The SMILES string of the molecule is NCC12CC3CC(CC(C3)C1=O)C2. The Bertz CT molecular complexity index is 247. The zero-order valence-electron chi connectivity index (χ0n) is 7.96. The van der Waals surface area contributed by atoms with Gasteiger partial charge in [0.25, 0.3) is 0 Å². The summed E-state index contributed by atoms with van der Waals surface area (Å²) < 4.78 is 0. The number of hydrogen-bond donors (Lipinski definition) is 1. The van der Waals surface area contributed by atoms with Gasteiger partial charge in [-0.1, -0.05) is 0 Å². The summed E-state index contributed by atoms with van der Waals surface area (Å²) in [5.74, 6) is 2.58. The molecular weight excluding hydrogens is 162 g/mol. The second-order valence-electron chi connectivity index (χ2n) is 5.39. The summed E-state index contributed by atoms with van der Waals surface area (Å²) in [6, 6.07) is 0. The lowest BCUT2D eigenvalue weighted by atomic mass is 9.49. The maximum Gasteiger partial charge on any atom is 0.143 e. The van der Waals surface area contributed by atoms with E-state index in [9.17, 15) is 4.79 Å². The predicted octanol–water partition coefficient (Wildman–Crippen LogP) is 1.34. The summed E-state index contributed by atoms with van der Waals surface area (Å²) in [6.07, 6.45) is 5.95. The monoisotopic (exact) mass is 179 g/mol. The van der Waals surface area contributed by atoms with Crippen LogP contribution >= 0.6 is 0 Å². The quantitative estimate of drug-likeness (QED) is 0.660. The van der Waals surface area contributed by atoms with Crippen LogP contribution in [0.15, 0.2) is 0 Å². The van der Waals surface area contributed by atoms with Crippen LogP contribution in [-0.2, 0) is 4.79 Å². The van der Waals surface area contributed by atoms with Crippen molar-refractivity contribution in [3.8, 4) is 0 Å². The van der Waals surface area contributed by atoms with E-state index in [2.05, 4.69) is 0 Å². The highest BCUT2D eigenvalue weighted by Crippen LogP contribution is 2.57. The van der Waals surface area contributed by atoms with Crippen LogP contribution < -0.4 is 5.73 Å². The largest absolute Gasteiger partial charge is 0.329 e. The number of ketones is 1. The Hall–Kier alpha value is -0.370. The highest BCUT2D eigenvalue weighted by molar-refractivity contribution is 5.89. The predicted molar refractivity (Wildman–Crippen MR) is 50.0 cm³/mol. The number of nitrogens with two attached hydrogens (primary N) is 1. The maximum absolute atomic E-state index is 12.0. The van der Waals surface area contributed by atoms with Crippen LogP contribution in [-0.4, -0.2) is 12.3 Å². The smallest absolute Gasteiger partial charge is 0.143 e. The molecular formula is C11H17NO. The van der Waals surface area contributed by atoms with Crippen LogP contribution in [0.3, 0.4) is 0 Å². The van der Waals surface area contributed by atoms with Gasteiger partial charge in [0.2, 0.25) is 0 Å². The fourth-order valence-electron chi connectivity index (χ4n) is 4.20. The lowest BCUT2D eigenvalue weighted by Crippen LogP contribution is -2.56. The number of carbonyl (C=O) groups excluding carboxylic acids is 1. The molecule has 0 amide bonds. The van der Waals surface area contributed by atoms with Gasteiger partial charge in [0.1, 0.15) is 5.78 Å². The Morgan fingerprint density at radius 2 is 1.85 bits per heavy atom. The van der Waals surface area contributed by atoms with Gasteiger partial charge in [0, 0.05) is 17.9 Å². The van der Waals surface area contributed by atoms with Crippen molar-refractivity contribution in [1.82, 2.24) is 0 Å². The molecule has 2 heteroatoms. The molecule has 4 aliphatic carbocycles. The topological polar surface area (TPSA) is 43.1 Å². The molecule has 72 valence electrons. The molecule has 0 aromatic carbocycles. The summed E-state index contributed by atoms with van der Waals surface area (Å²) in [5, 5.41) is 0. The summed E-state index contributed by atoms with van der Waals surface area (Å²) in [6.45, 7) is 0.606. The first-order valence-electron chi connectivity index (χ1n) is 5.48. The molecule has 13 heavy (non-hydrogen) atoms. The summed E-state index contributed by atoms with van der Waals surface area (Å²) in [7, 11) is 0. The first-order chi connectivity index (χ1) is 6.23. The highest BCUT2D eigenvalue weighted by Gasteiger charge is 2.55. The Morgan fingerprint density at radius 3 is 2.38 bits per heavy atom.